The lowest BCUT2D eigenvalue weighted by molar-refractivity contribution is -0.143. The van der Waals surface area contributed by atoms with Crippen LogP contribution in [0.5, 0.6) is 5.75 Å². The highest BCUT2D eigenvalue weighted by Crippen LogP contribution is 2.26. The molecule has 0 saturated heterocycles. The first-order chi connectivity index (χ1) is 9.65. The highest BCUT2D eigenvalue weighted by molar-refractivity contribution is 5.77. The quantitative estimate of drug-likeness (QED) is 0.843. The molecule has 0 heterocycles. The number of carbonyl (C=O) groups excluding carboxylic acids is 1. The fourth-order valence-electron chi connectivity index (χ4n) is 2.61. The van der Waals surface area contributed by atoms with Crippen LogP contribution in [-0.2, 0) is 9.53 Å². The molecule has 2 rings (SSSR count). The molecule has 20 heavy (non-hydrogen) atoms. The van der Waals surface area contributed by atoms with E-state index in [0.29, 0.717) is 5.56 Å². The molecule has 1 fully saturated rings. The number of rotatable bonds is 5. The van der Waals surface area contributed by atoms with Crippen LogP contribution in [0.4, 0.5) is 4.39 Å². The smallest absolute Gasteiger partial charge is 0.327 e. The fraction of sp³-hybridized carbons (Fsp3) is 0.533. The Balaban J connectivity index is 2.21. The van der Waals surface area contributed by atoms with Gasteiger partial charge in [0.25, 0.3) is 0 Å². The lowest BCUT2D eigenvalue weighted by Crippen LogP contribution is -2.36. The molecular formula is C15H20FNO3. The van der Waals surface area contributed by atoms with E-state index in [-0.39, 0.29) is 11.8 Å². The normalized spacial score (nSPS) is 16.9. The molecule has 1 aliphatic rings. The summed E-state index contributed by atoms with van der Waals surface area (Å²) in [4.78, 5) is 11.9. The van der Waals surface area contributed by atoms with Crippen molar-refractivity contribution in [3.05, 3.63) is 29.6 Å². The molecule has 0 spiro atoms. The van der Waals surface area contributed by atoms with Crippen molar-refractivity contribution in [3.8, 4) is 5.75 Å². The Kier molecular flexibility index (Phi) is 4.95. The molecular weight excluding hydrogens is 261 g/mol. The van der Waals surface area contributed by atoms with E-state index in [1.807, 2.05) is 0 Å². The molecule has 1 aliphatic carbocycles. The molecule has 0 radical (unpaired) electrons. The summed E-state index contributed by atoms with van der Waals surface area (Å²) in [5, 5.41) is 3.27. The Hall–Kier alpha value is -1.62. The Morgan fingerprint density at radius 1 is 1.35 bits per heavy atom. The van der Waals surface area contributed by atoms with Crippen LogP contribution in [0.15, 0.2) is 18.2 Å². The summed E-state index contributed by atoms with van der Waals surface area (Å²) in [6.07, 6.45) is 4.38. The van der Waals surface area contributed by atoms with Gasteiger partial charge >= 0.3 is 5.97 Å². The van der Waals surface area contributed by atoms with Crippen LogP contribution in [0.25, 0.3) is 0 Å². The molecule has 110 valence electrons. The number of carbonyl (C=O) groups is 1. The molecule has 1 aromatic rings. The van der Waals surface area contributed by atoms with E-state index < -0.39 is 17.8 Å². The number of esters is 1. The van der Waals surface area contributed by atoms with Crippen LogP contribution < -0.4 is 10.1 Å². The summed E-state index contributed by atoms with van der Waals surface area (Å²) in [5.41, 5.74) is 0.557. The van der Waals surface area contributed by atoms with Crippen molar-refractivity contribution < 1.29 is 18.7 Å². The maximum absolute atomic E-state index is 13.8. The predicted molar refractivity (Wildman–Crippen MR) is 73.1 cm³/mol. The predicted octanol–water partition coefficient (Wildman–Crippen LogP) is 2.58. The van der Waals surface area contributed by atoms with E-state index in [0.717, 1.165) is 25.7 Å². The molecule has 1 atom stereocenters. The lowest BCUT2D eigenvalue weighted by Gasteiger charge is -2.21. The van der Waals surface area contributed by atoms with Gasteiger partial charge in [0, 0.05) is 6.04 Å². The van der Waals surface area contributed by atoms with Crippen molar-refractivity contribution in [3.63, 3.8) is 0 Å². The van der Waals surface area contributed by atoms with Crippen molar-refractivity contribution >= 4 is 5.97 Å². The summed E-state index contributed by atoms with van der Waals surface area (Å²) in [6, 6.07) is 4.18. The van der Waals surface area contributed by atoms with Gasteiger partial charge in [0.05, 0.1) is 14.2 Å². The van der Waals surface area contributed by atoms with Gasteiger partial charge in [-0.3, -0.25) is 5.32 Å². The molecule has 1 aromatic carbocycles. The second-order valence-corrected chi connectivity index (χ2v) is 5.00. The fourth-order valence-corrected chi connectivity index (χ4v) is 2.61. The van der Waals surface area contributed by atoms with Crippen LogP contribution >= 0.6 is 0 Å². The molecule has 0 amide bonds. The van der Waals surface area contributed by atoms with Gasteiger partial charge in [-0.1, -0.05) is 18.9 Å². The molecule has 4 nitrogen and oxygen atoms in total. The number of ether oxygens (including phenoxy) is 2. The van der Waals surface area contributed by atoms with E-state index >= 15 is 0 Å². The topological polar surface area (TPSA) is 47.6 Å². The van der Waals surface area contributed by atoms with Gasteiger partial charge in [0.15, 0.2) is 11.6 Å². The zero-order valence-corrected chi connectivity index (χ0v) is 11.8. The van der Waals surface area contributed by atoms with Crippen LogP contribution in [0.1, 0.15) is 37.3 Å². The van der Waals surface area contributed by atoms with Gasteiger partial charge in [-0.15, -0.1) is 0 Å². The van der Waals surface area contributed by atoms with Crippen molar-refractivity contribution in [2.75, 3.05) is 14.2 Å². The number of halogens is 1. The van der Waals surface area contributed by atoms with E-state index in [1.54, 1.807) is 6.07 Å². The van der Waals surface area contributed by atoms with Gasteiger partial charge in [0.1, 0.15) is 6.04 Å². The van der Waals surface area contributed by atoms with E-state index in [4.69, 9.17) is 9.47 Å². The molecule has 5 heteroatoms. The Morgan fingerprint density at radius 3 is 2.60 bits per heavy atom. The number of methoxy groups -OCH3 is 2. The van der Waals surface area contributed by atoms with Gasteiger partial charge in [-0.2, -0.15) is 0 Å². The first-order valence-electron chi connectivity index (χ1n) is 6.83. The largest absolute Gasteiger partial charge is 0.494 e. The number of benzene rings is 1. The molecule has 0 aliphatic heterocycles. The summed E-state index contributed by atoms with van der Waals surface area (Å²) in [6.45, 7) is 0. The average Bonchev–Trinajstić information content (AvgIpc) is 2.97. The molecule has 0 bridgehead atoms. The molecule has 0 aromatic heterocycles. The van der Waals surface area contributed by atoms with Gasteiger partial charge in [0.2, 0.25) is 0 Å². The van der Waals surface area contributed by atoms with Gasteiger partial charge < -0.3 is 9.47 Å². The van der Waals surface area contributed by atoms with Crippen molar-refractivity contribution in [1.29, 1.82) is 0 Å². The van der Waals surface area contributed by atoms with Gasteiger partial charge in [-0.25, -0.2) is 9.18 Å². The standard InChI is InChI=1S/C15H20FNO3/c1-19-13-8-7-10(9-12(13)16)14(15(18)20-2)17-11-5-3-4-6-11/h7-9,11,14,17H,3-6H2,1-2H3. The maximum atomic E-state index is 13.8. The maximum Gasteiger partial charge on any atom is 0.327 e. The van der Waals surface area contributed by atoms with Crippen LogP contribution in [0, 0.1) is 5.82 Å². The molecule has 1 saturated carbocycles. The minimum atomic E-state index is -0.636. The van der Waals surface area contributed by atoms with Crippen molar-refractivity contribution in [2.45, 2.75) is 37.8 Å². The monoisotopic (exact) mass is 281 g/mol. The summed E-state index contributed by atoms with van der Waals surface area (Å²) < 4.78 is 23.5. The SMILES string of the molecule is COC(=O)C(NC1CCCC1)c1ccc(OC)c(F)c1. The zero-order valence-electron chi connectivity index (χ0n) is 11.8. The lowest BCUT2D eigenvalue weighted by atomic mass is 10.0. The average molecular weight is 281 g/mol. The molecule has 1 N–H and O–H groups in total. The Morgan fingerprint density at radius 2 is 2.05 bits per heavy atom. The third-order valence-corrected chi connectivity index (χ3v) is 3.70. The third kappa shape index (κ3) is 3.28. The first kappa shape index (κ1) is 14.8. The first-order valence-corrected chi connectivity index (χ1v) is 6.83. The second kappa shape index (κ2) is 6.70. The zero-order chi connectivity index (χ0) is 14.5. The Bertz CT molecular complexity index is 472. The van der Waals surface area contributed by atoms with Crippen molar-refractivity contribution in [2.24, 2.45) is 0 Å². The van der Waals surface area contributed by atoms with Crippen LogP contribution in [0.3, 0.4) is 0 Å². The van der Waals surface area contributed by atoms with E-state index in [1.165, 1.54) is 26.4 Å². The van der Waals surface area contributed by atoms with Crippen molar-refractivity contribution in [1.82, 2.24) is 5.32 Å². The van der Waals surface area contributed by atoms with Crippen LogP contribution in [0.2, 0.25) is 0 Å². The third-order valence-electron chi connectivity index (χ3n) is 3.70. The van der Waals surface area contributed by atoms with E-state index in [2.05, 4.69) is 5.32 Å². The number of hydrogen-bond acceptors (Lipinski definition) is 4. The highest BCUT2D eigenvalue weighted by Gasteiger charge is 2.27. The second-order valence-electron chi connectivity index (χ2n) is 5.00. The minimum Gasteiger partial charge on any atom is -0.494 e. The summed E-state index contributed by atoms with van der Waals surface area (Å²) >= 11 is 0. The highest BCUT2D eigenvalue weighted by atomic mass is 19.1. The number of hydrogen-bond donors (Lipinski definition) is 1. The number of nitrogens with one attached hydrogen (secondary N) is 1. The minimum absolute atomic E-state index is 0.165. The van der Waals surface area contributed by atoms with Crippen LogP contribution in [-0.4, -0.2) is 26.2 Å². The Labute approximate surface area is 118 Å². The van der Waals surface area contributed by atoms with Gasteiger partial charge in [-0.05, 0) is 30.5 Å². The summed E-state index contributed by atoms with van der Waals surface area (Å²) in [5.74, 6) is -0.716. The summed E-state index contributed by atoms with van der Waals surface area (Å²) in [7, 11) is 2.75. The van der Waals surface area contributed by atoms with E-state index in [9.17, 15) is 9.18 Å². The molecule has 1 unspecified atom stereocenters.